The largest absolute Gasteiger partial charge is 0.396 e. The van der Waals surface area contributed by atoms with Gasteiger partial charge in [-0.2, -0.15) is 0 Å². The van der Waals surface area contributed by atoms with Crippen molar-refractivity contribution in [2.75, 3.05) is 26.7 Å². The normalized spacial score (nSPS) is 24.5. The van der Waals surface area contributed by atoms with E-state index in [-0.39, 0.29) is 0 Å². The van der Waals surface area contributed by atoms with Gasteiger partial charge in [0.25, 0.3) is 0 Å². The lowest BCUT2D eigenvalue weighted by Gasteiger charge is -2.23. The van der Waals surface area contributed by atoms with Crippen LogP contribution in [-0.4, -0.2) is 36.8 Å². The van der Waals surface area contributed by atoms with Crippen LogP contribution in [0.5, 0.6) is 0 Å². The fourth-order valence-corrected chi connectivity index (χ4v) is 1.74. The van der Waals surface area contributed by atoms with Crippen molar-refractivity contribution in [3.63, 3.8) is 0 Å². The summed E-state index contributed by atoms with van der Waals surface area (Å²) in [5, 5.41) is 8.96. The van der Waals surface area contributed by atoms with Crippen LogP contribution in [0, 0.1) is 5.92 Å². The molecule has 1 saturated heterocycles. The molecule has 0 aromatic heterocycles. The number of likely N-dealkylation sites (tertiary alicyclic amines) is 1. The minimum Gasteiger partial charge on any atom is -0.396 e. The van der Waals surface area contributed by atoms with Crippen LogP contribution in [0.1, 0.15) is 25.7 Å². The Kier molecular flexibility index (Phi) is 3.87. The molecule has 0 saturated carbocycles. The number of rotatable bonds is 1. The fourth-order valence-electron chi connectivity index (χ4n) is 1.74. The van der Waals surface area contributed by atoms with Gasteiger partial charge < -0.3 is 10.0 Å². The van der Waals surface area contributed by atoms with E-state index < -0.39 is 0 Å². The number of nitrogens with zero attached hydrogens (tertiary/aromatic N) is 1. The quantitative estimate of drug-likeness (QED) is 0.616. The molecule has 1 aliphatic rings. The molecular formula is C9H19NO. The topological polar surface area (TPSA) is 23.5 Å². The van der Waals surface area contributed by atoms with Crippen LogP contribution in [-0.2, 0) is 0 Å². The lowest BCUT2D eigenvalue weighted by molar-refractivity contribution is 0.180. The van der Waals surface area contributed by atoms with E-state index in [0.717, 1.165) is 0 Å². The Morgan fingerprint density at radius 2 is 1.82 bits per heavy atom. The molecule has 2 nitrogen and oxygen atoms in total. The molecule has 0 bridgehead atoms. The Bertz CT molecular complexity index is 95.7. The molecule has 1 N–H and O–H groups in total. The van der Waals surface area contributed by atoms with E-state index in [2.05, 4.69) is 11.9 Å². The van der Waals surface area contributed by atoms with Gasteiger partial charge in [0, 0.05) is 6.61 Å². The first-order valence-electron chi connectivity index (χ1n) is 4.62. The molecule has 2 heteroatoms. The highest BCUT2D eigenvalue weighted by molar-refractivity contribution is 4.65. The Morgan fingerprint density at radius 1 is 1.27 bits per heavy atom. The predicted molar refractivity (Wildman–Crippen MR) is 46.5 cm³/mol. The van der Waals surface area contributed by atoms with Crippen molar-refractivity contribution in [2.24, 2.45) is 5.92 Å². The molecule has 0 aromatic carbocycles. The second kappa shape index (κ2) is 4.73. The van der Waals surface area contributed by atoms with Crippen LogP contribution in [0.25, 0.3) is 0 Å². The highest BCUT2D eigenvalue weighted by Crippen LogP contribution is 2.16. The molecule has 0 amide bonds. The summed E-state index contributed by atoms with van der Waals surface area (Å²) >= 11 is 0. The van der Waals surface area contributed by atoms with E-state index in [0.29, 0.717) is 12.5 Å². The van der Waals surface area contributed by atoms with E-state index in [1.165, 1.54) is 38.8 Å². The third-order valence-corrected chi connectivity index (χ3v) is 2.56. The minimum atomic E-state index is 0.393. The first kappa shape index (κ1) is 9.01. The van der Waals surface area contributed by atoms with Gasteiger partial charge >= 0.3 is 0 Å². The zero-order valence-electron chi connectivity index (χ0n) is 7.42. The Labute approximate surface area is 69.2 Å². The molecule has 66 valence electrons. The Hall–Kier alpha value is -0.0800. The molecule has 1 heterocycles. The monoisotopic (exact) mass is 157 g/mol. The van der Waals surface area contributed by atoms with Crippen molar-refractivity contribution < 1.29 is 5.11 Å². The number of aliphatic hydroxyl groups is 1. The highest BCUT2D eigenvalue weighted by atomic mass is 16.3. The first-order chi connectivity index (χ1) is 5.33. The number of hydrogen-bond donors (Lipinski definition) is 1. The van der Waals surface area contributed by atoms with Gasteiger partial charge in [0.1, 0.15) is 0 Å². The molecule has 11 heavy (non-hydrogen) atoms. The summed E-state index contributed by atoms with van der Waals surface area (Å²) in [7, 11) is 2.18. The third kappa shape index (κ3) is 3.21. The maximum atomic E-state index is 8.96. The Balaban J connectivity index is 2.22. The maximum Gasteiger partial charge on any atom is 0.0459 e. The van der Waals surface area contributed by atoms with E-state index >= 15 is 0 Å². The van der Waals surface area contributed by atoms with Gasteiger partial charge in [-0.1, -0.05) is 0 Å². The summed E-state index contributed by atoms with van der Waals surface area (Å²) in [6.45, 7) is 2.80. The van der Waals surface area contributed by atoms with Gasteiger partial charge in [-0.3, -0.25) is 0 Å². The molecule has 1 fully saturated rings. The summed E-state index contributed by atoms with van der Waals surface area (Å²) in [5.74, 6) is 0.587. The standard InChI is InChI=1S/C9H19NO/c1-10-6-2-4-9(8-11)5-3-7-10/h9,11H,2-8H2,1H3. The van der Waals surface area contributed by atoms with Gasteiger partial charge in [-0.15, -0.1) is 0 Å². The van der Waals surface area contributed by atoms with Crippen LogP contribution in [0.15, 0.2) is 0 Å². The predicted octanol–water partition coefficient (Wildman–Crippen LogP) is 1.10. The summed E-state index contributed by atoms with van der Waals surface area (Å²) in [6.07, 6.45) is 4.92. The van der Waals surface area contributed by atoms with E-state index in [1.807, 2.05) is 0 Å². The molecule has 0 aliphatic carbocycles. The zero-order valence-corrected chi connectivity index (χ0v) is 7.42. The van der Waals surface area contributed by atoms with E-state index in [4.69, 9.17) is 5.11 Å². The van der Waals surface area contributed by atoms with Gasteiger partial charge in [-0.25, -0.2) is 0 Å². The lowest BCUT2D eigenvalue weighted by Crippen LogP contribution is -2.25. The van der Waals surface area contributed by atoms with Gasteiger partial charge in [0.2, 0.25) is 0 Å². The zero-order chi connectivity index (χ0) is 8.10. The van der Waals surface area contributed by atoms with E-state index in [9.17, 15) is 0 Å². The van der Waals surface area contributed by atoms with Crippen LogP contribution >= 0.6 is 0 Å². The number of aliphatic hydroxyl groups excluding tert-OH is 1. The fraction of sp³-hybridized carbons (Fsp3) is 1.00. The summed E-state index contributed by atoms with van der Waals surface area (Å²) in [4.78, 5) is 2.38. The molecular weight excluding hydrogens is 138 g/mol. The molecule has 0 aromatic rings. The van der Waals surface area contributed by atoms with Crippen molar-refractivity contribution in [3.05, 3.63) is 0 Å². The molecule has 0 unspecified atom stereocenters. The van der Waals surface area contributed by atoms with Gasteiger partial charge in [0.05, 0.1) is 0 Å². The highest BCUT2D eigenvalue weighted by Gasteiger charge is 2.11. The van der Waals surface area contributed by atoms with Crippen molar-refractivity contribution in [3.8, 4) is 0 Å². The second-order valence-electron chi connectivity index (χ2n) is 3.64. The van der Waals surface area contributed by atoms with Crippen molar-refractivity contribution >= 4 is 0 Å². The lowest BCUT2D eigenvalue weighted by atomic mass is 9.96. The average molecular weight is 157 g/mol. The summed E-state index contributed by atoms with van der Waals surface area (Å²) in [5.41, 5.74) is 0. The van der Waals surface area contributed by atoms with Crippen LogP contribution in [0.4, 0.5) is 0 Å². The Morgan fingerprint density at radius 3 is 2.27 bits per heavy atom. The average Bonchev–Trinajstić information content (AvgIpc) is 1.96. The molecule has 0 spiro atoms. The molecule has 0 atom stereocenters. The van der Waals surface area contributed by atoms with E-state index in [1.54, 1.807) is 0 Å². The molecule has 1 aliphatic heterocycles. The first-order valence-corrected chi connectivity index (χ1v) is 4.62. The molecule has 0 radical (unpaired) electrons. The number of hydrogen-bond acceptors (Lipinski definition) is 2. The van der Waals surface area contributed by atoms with Crippen molar-refractivity contribution in [1.29, 1.82) is 0 Å². The molecule has 1 rings (SSSR count). The smallest absolute Gasteiger partial charge is 0.0459 e. The van der Waals surface area contributed by atoms with Crippen molar-refractivity contribution in [1.82, 2.24) is 4.90 Å². The third-order valence-electron chi connectivity index (χ3n) is 2.56. The minimum absolute atomic E-state index is 0.393. The van der Waals surface area contributed by atoms with Gasteiger partial charge in [0.15, 0.2) is 0 Å². The van der Waals surface area contributed by atoms with Crippen molar-refractivity contribution in [2.45, 2.75) is 25.7 Å². The van der Waals surface area contributed by atoms with Gasteiger partial charge in [-0.05, 0) is 51.7 Å². The van der Waals surface area contributed by atoms with Crippen LogP contribution in [0.2, 0.25) is 0 Å². The SMILES string of the molecule is CN1CCCC(CO)CCC1. The van der Waals surface area contributed by atoms with Crippen LogP contribution < -0.4 is 0 Å². The van der Waals surface area contributed by atoms with Crippen LogP contribution in [0.3, 0.4) is 0 Å². The summed E-state index contributed by atoms with van der Waals surface area (Å²) < 4.78 is 0. The summed E-state index contributed by atoms with van der Waals surface area (Å²) in [6, 6.07) is 0. The maximum absolute atomic E-state index is 8.96. The second-order valence-corrected chi connectivity index (χ2v) is 3.64.